The zero-order chi connectivity index (χ0) is 15.6. The molecule has 114 valence electrons. The van der Waals surface area contributed by atoms with Gasteiger partial charge in [0, 0.05) is 5.69 Å². The second-order valence-corrected chi connectivity index (χ2v) is 6.20. The third-order valence-corrected chi connectivity index (χ3v) is 4.77. The Bertz CT molecular complexity index is 824. The molecule has 0 atom stereocenters. The third kappa shape index (κ3) is 2.53. The molecule has 0 heterocycles. The van der Waals surface area contributed by atoms with E-state index in [2.05, 4.69) is 66.5 Å². The molecule has 23 heavy (non-hydrogen) atoms. The molecule has 1 N–H and O–H groups in total. The van der Waals surface area contributed by atoms with Crippen LogP contribution >= 0.6 is 0 Å². The van der Waals surface area contributed by atoms with Crippen LogP contribution in [0.5, 0.6) is 0 Å². The first-order chi connectivity index (χ1) is 11.4. The van der Waals surface area contributed by atoms with Gasteiger partial charge in [-0.15, -0.1) is 0 Å². The lowest BCUT2D eigenvalue weighted by molar-refractivity contribution is 0.906. The van der Waals surface area contributed by atoms with Crippen LogP contribution in [0.1, 0.15) is 35.1 Å². The summed E-state index contributed by atoms with van der Waals surface area (Å²) in [5, 5.41) is 3.19. The summed E-state index contributed by atoms with van der Waals surface area (Å²) in [6.45, 7) is 3.75. The van der Waals surface area contributed by atoms with Crippen molar-refractivity contribution in [2.24, 2.45) is 0 Å². The molecular weight excluding hydrogens is 278 g/mol. The Balaban J connectivity index is 1.92. The maximum absolute atomic E-state index is 3.75. The Morgan fingerprint density at radius 1 is 0.957 bits per heavy atom. The lowest BCUT2D eigenvalue weighted by atomic mass is 9.81. The van der Waals surface area contributed by atoms with Gasteiger partial charge in [-0.25, -0.2) is 0 Å². The Morgan fingerprint density at radius 2 is 1.78 bits per heavy atom. The number of benzene rings is 2. The molecule has 4 rings (SSSR count). The second-order valence-electron chi connectivity index (χ2n) is 6.20. The van der Waals surface area contributed by atoms with Gasteiger partial charge >= 0.3 is 0 Å². The standard InChI is InChI=1S/C22H21N/c1-2-23-18-10-7-9-16(14-18)22-15-17-8-3-4-11-19(17)20-12-5-6-13-21(20)22/h2-3,6-10,13-15,23H,1,4-5,11-12H2. The average Bonchev–Trinajstić information content (AvgIpc) is 2.61. The molecule has 0 radical (unpaired) electrons. The molecule has 1 heteroatoms. The van der Waals surface area contributed by atoms with Crippen molar-refractivity contribution in [2.75, 3.05) is 5.32 Å². The first kappa shape index (κ1) is 14.1. The fourth-order valence-corrected chi connectivity index (χ4v) is 3.74. The van der Waals surface area contributed by atoms with Crippen LogP contribution in [0, 0.1) is 0 Å². The van der Waals surface area contributed by atoms with Crippen LogP contribution in [0.3, 0.4) is 0 Å². The summed E-state index contributed by atoms with van der Waals surface area (Å²) in [7, 11) is 0. The monoisotopic (exact) mass is 299 g/mol. The van der Waals surface area contributed by atoms with E-state index in [0.717, 1.165) is 12.1 Å². The molecule has 0 unspecified atom stereocenters. The number of allylic oxidation sites excluding steroid dienone is 2. The molecule has 0 saturated heterocycles. The quantitative estimate of drug-likeness (QED) is 0.752. The minimum atomic E-state index is 1.08. The molecule has 0 spiro atoms. The molecule has 2 aliphatic carbocycles. The number of hydrogen-bond acceptors (Lipinski definition) is 1. The Hall–Kier alpha value is -2.54. The highest BCUT2D eigenvalue weighted by Gasteiger charge is 2.19. The van der Waals surface area contributed by atoms with E-state index in [9.17, 15) is 0 Å². The molecule has 2 aromatic rings. The number of fused-ring (bicyclic) bond motifs is 3. The van der Waals surface area contributed by atoms with Crippen molar-refractivity contribution in [1.82, 2.24) is 0 Å². The van der Waals surface area contributed by atoms with Crippen molar-refractivity contribution in [1.29, 1.82) is 0 Å². The number of anilines is 1. The zero-order valence-electron chi connectivity index (χ0n) is 13.3. The van der Waals surface area contributed by atoms with E-state index in [4.69, 9.17) is 0 Å². The summed E-state index contributed by atoms with van der Waals surface area (Å²) >= 11 is 0. The van der Waals surface area contributed by atoms with Gasteiger partial charge in [0.25, 0.3) is 0 Å². The first-order valence-electron chi connectivity index (χ1n) is 8.36. The average molecular weight is 299 g/mol. The normalized spacial score (nSPS) is 15.0. The molecule has 0 bridgehead atoms. The molecule has 0 aliphatic heterocycles. The van der Waals surface area contributed by atoms with Crippen LogP contribution in [0.25, 0.3) is 23.3 Å². The van der Waals surface area contributed by atoms with Crippen LogP contribution in [-0.2, 0) is 12.8 Å². The molecule has 0 saturated carbocycles. The van der Waals surface area contributed by atoms with Crippen molar-refractivity contribution < 1.29 is 0 Å². The van der Waals surface area contributed by atoms with Crippen LogP contribution < -0.4 is 5.32 Å². The molecule has 2 aromatic carbocycles. The van der Waals surface area contributed by atoms with Gasteiger partial charge in [0.15, 0.2) is 0 Å². The summed E-state index contributed by atoms with van der Waals surface area (Å²) in [5.41, 5.74) is 9.64. The van der Waals surface area contributed by atoms with Gasteiger partial charge in [0.2, 0.25) is 0 Å². The molecule has 0 fully saturated rings. The van der Waals surface area contributed by atoms with Crippen molar-refractivity contribution in [2.45, 2.75) is 25.7 Å². The predicted molar refractivity (Wildman–Crippen MR) is 100 cm³/mol. The van der Waals surface area contributed by atoms with Gasteiger partial charge in [-0.05, 0) is 83.5 Å². The summed E-state index contributed by atoms with van der Waals surface area (Å²) in [4.78, 5) is 0. The van der Waals surface area contributed by atoms with Gasteiger partial charge in [-0.1, -0.05) is 43.0 Å². The molecular formula is C22H21N. The third-order valence-electron chi connectivity index (χ3n) is 4.77. The number of rotatable bonds is 3. The summed E-state index contributed by atoms with van der Waals surface area (Å²) in [6, 6.07) is 11.0. The Kier molecular flexibility index (Phi) is 3.63. The van der Waals surface area contributed by atoms with E-state index in [1.807, 2.05) is 0 Å². The predicted octanol–water partition coefficient (Wildman–Crippen LogP) is 5.83. The van der Waals surface area contributed by atoms with Crippen molar-refractivity contribution in [3.8, 4) is 11.1 Å². The minimum absolute atomic E-state index is 1.08. The highest BCUT2D eigenvalue weighted by atomic mass is 14.8. The van der Waals surface area contributed by atoms with E-state index in [-0.39, 0.29) is 0 Å². The maximum atomic E-state index is 3.75. The molecule has 0 aromatic heterocycles. The largest absolute Gasteiger partial charge is 0.362 e. The summed E-state index contributed by atoms with van der Waals surface area (Å²) in [5.74, 6) is 0. The highest BCUT2D eigenvalue weighted by Crippen LogP contribution is 2.38. The molecule has 1 nitrogen and oxygen atoms in total. The van der Waals surface area contributed by atoms with Crippen LogP contribution in [-0.4, -0.2) is 0 Å². The lowest BCUT2D eigenvalue weighted by Crippen LogP contribution is -2.07. The number of nitrogens with one attached hydrogen (secondary N) is 1. The van der Waals surface area contributed by atoms with Gasteiger partial charge in [0.1, 0.15) is 0 Å². The number of hydrogen-bond donors (Lipinski definition) is 1. The first-order valence-corrected chi connectivity index (χ1v) is 8.36. The fourth-order valence-electron chi connectivity index (χ4n) is 3.74. The van der Waals surface area contributed by atoms with Gasteiger partial charge < -0.3 is 5.32 Å². The van der Waals surface area contributed by atoms with E-state index in [0.29, 0.717) is 0 Å². The SMILES string of the molecule is C=CNc1cccc(-c2cc3c(c4c2C=CCC4)CCC=C3)c1. The topological polar surface area (TPSA) is 12.0 Å². The van der Waals surface area contributed by atoms with Gasteiger partial charge in [-0.2, -0.15) is 0 Å². The fraction of sp³-hybridized carbons (Fsp3) is 0.182. The van der Waals surface area contributed by atoms with E-state index >= 15 is 0 Å². The summed E-state index contributed by atoms with van der Waals surface area (Å²) < 4.78 is 0. The van der Waals surface area contributed by atoms with E-state index < -0.39 is 0 Å². The Labute approximate surface area is 138 Å². The zero-order valence-corrected chi connectivity index (χ0v) is 13.3. The van der Waals surface area contributed by atoms with Crippen LogP contribution in [0.15, 0.2) is 55.3 Å². The molecule has 0 amide bonds. The van der Waals surface area contributed by atoms with Crippen molar-refractivity contribution in [3.63, 3.8) is 0 Å². The highest BCUT2D eigenvalue weighted by molar-refractivity contribution is 5.83. The summed E-state index contributed by atoms with van der Waals surface area (Å²) in [6.07, 6.45) is 15.6. The minimum Gasteiger partial charge on any atom is -0.362 e. The maximum Gasteiger partial charge on any atom is 0.0385 e. The lowest BCUT2D eigenvalue weighted by Gasteiger charge is -2.24. The molecule has 2 aliphatic rings. The van der Waals surface area contributed by atoms with Crippen LogP contribution in [0.2, 0.25) is 0 Å². The van der Waals surface area contributed by atoms with Gasteiger partial charge in [-0.3, -0.25) is 0 Å². The second kappa shape index (κ2) is 5.92. The van der Waals surface area contributed by atoms with E-state index in [1.54, 1.807) is 17.3 Å². The Morgan fingerprint density at radius 3 is 2.65 bits per heavy atom. The smallest absolute Gasteiger partial charge is 0.0385 e. The van der Waals surface area contributed by atoms with Crippen LogP contribution in [0.4, 0.5) is 5.69 Å². The van der Waals surface area contributed by atoms with Gasteiger partial charge in [0.05, 0.1) is 0 Å². The van der Waals surface area contributed by atoms with Crippen molar-refractivity contribution >= 4 is 17.8 Å². The van der Waals surface area contributed by atoms with E-state index in [1.165, 1.54) is 41.5 Å². The van der Waals surface area contributed by atoms with Crippen molar-refractivity contribution in [3.05, 3.63) is 77.5 Å².